The third-order valence-electron chi connectivity index (χ3n) is 3.49. The molecule has 18 heavy (non-hydrogen) atoms. The van der Waals surface area contributed by atoms with Crippen molar-refractivity contribution in [1.82, 2.24) is 19.6 Å². The second-order valence-electron chi connectivity index (χ2n) is 4.86. The molecule has 3 rings (SSSR count). The standard InChI is InChI=1S/C13H20N4S/c1-2-16(12-3-4-12)6-5-14-9-11-10-17-7-8-18-13(17)15-11/h7-8,10,12,14H,2-6,9H2,1H3. The maximum Gasteiger partial charge on any atom is 0.193 e. The van der Waals surface area contributed by atoms with Crippen LogP contribution in [0.4, 0.5) is 0 Å². The molecular weight excluding hydrogens is 244 g/mol. The molecule has 0 aliphatic heterocycles. The Labute approximate surface area is 112 Å². The normalized spacial score (nSPS) is 15.9. The molecule has 0 atom stereocenters. The highest BCUT2D eigenvalue weighted by atomic mass is 32.1. The summed E-state index contributed by atoms with van der Waals surface area (Å²) >= 11 is 1.68. The summed E-state index contributed by atoms with van der Waals surface area (Å²) in [7, 11) is 0. The van der Waals surface area contributed by atoms with Crippen LogP contribution < -0.4 is 5.32 Å². The summed E-state index contributed by atoms with van der Waals surface area (Å²) in [5.41, 5.74) is 1.14. The van der Waals surface area contributed by atoms with Crippen molar-refractivity contribution in [1.29, 1.82) is 0 Å². The average Bonchev–Trinajstić information content (AvgIpc) is 2.98. The van der Waals surface area contributed by atoms with Crippen LogP contribution in [0.5, 0.6) is 0 Å². The van der Waals surface area contributed by atoms with Crippen molar-refractivity contribution in [3.63, 3.8) is 0 Å². The van der Waals surface area contributed by atoms with Crippen molar-refractivity contribution in [2.75, 3.05) is 19.6 Å². The molecule has 2 aromatic heterocycles. The Kier molecular flexibility index (Phi) is 3.63. The summed E-state index contributed by atoms with van der Waals surface area (Å²) in [4.78, 5) is 8.21. The molecule has 1 fully saturated rings. The molecule has 4 nitrogen and oxygen atoms in total. The van der Waals surface area contributed by atoms with Gasteiger partial charge in [0.05, 0.1) is 5.69 Å². The molecular formula is C13H20N4S. The molecule has 1 aliphatic rings. The van der Waals surface area contributed by atoms with Gasteiger partial charge in [-0.2, -0.15) is 0 Å². The smallest absolute Gasteiger partial charge is 0.193 e. The van der Waals surface area contributed by atoms with E-state index in [1.54, 1.807) is 11.3 Å². The summed E-state index contributed by atoms with van der Waals surface area (Å²) in [6.07, 6.45) is 6.95. The molecule has 0 unspecified atom stereocenters. The first-order chi connectivity index (χ1) is 8.86. The number of rotatable bonds is 7. The lowest BCUT2D eigenvalue weighted by molar-refractivity contribution is 0.277. The van der Waals surface area contributed by atoms with Crippen LogP contribution >= 0.6 is 11.3 Å². The van der Waals surface area contributed by atoms with E-state index in [-0.39, 0.29) is 0 Å². The highest BCUT2D eigenvalue weighted by Crippen LogP contribution is 2.25. The Bertz CT molecular complexity index is 471. The monoisotopic (exact) mass is 264 g/mol. The summed E-state index contributed by atoms with van der Waals surface area (Å²) in [6.45, 7) is 6.50. The lowest BCUT2D eigenvalue weighted by Crippen LogP contribution is -2.33. The highest BCUT2D eigenvalue weighted by Gasteiger charge is 2.26. The van der Waals surface area contributed by atoms with Crippen LogP contribution in [0.3, 0.4) is 0 Å². The predicted octanol–water partition coefficient (Wildman–Crippen LogP) is 1.97. The molecule has 5 heteroatoms. The van der Waals surface area contributed by atoms with Crippen LogP contribution in [0, 0.1) is 0 Å². The van der Waals surface area contributed by atoms with Gasteiger partial charge in [0, 0.05) is 43.4 Å². The van der Waals surface area contributed by atoms with Gasteiger partial charge in [-0.1, -0.05) is 6.92 Å². The van der Waals surface area contributed by atoms with Crippen molar-refractivity contribution >= 4 is 16.3 Å². The van der Waals surface area contributed by atoms with Crippen LogP contribution in [0.15, 0.2) is 17.8 Å². The van der Waals surface area contributed by atoms with E-state index in [0.717, 1.165) is 36.3 Å². The van der Waals surface area contributed by atoms with Crippen molar-refractivity contribution < 1.29 is 0 Å². The average molecular weight is 264 g/mol. The Morgan fingerprint density at radius 1 is 1.56 bits per heavy atom. The number of aromatic nitrogens is 2. The molecule has 0 spiro atoms. The molecule has 1 N–H and O–H groups in total. The van der Waals surface area contributed by atoms with E-state index in [9.17, 15) is 0 Å². The van der Waals surface area contributed by atoms with Gasteiger partial charge in [-0.05, 0) is 19.4 Å². The number of nitrogens with zero attached hydrogens (tertiary/aromatic N) is 3. The van der Waals surface area contributed by atoms with Crippen LogP contribution in [0.1, 0.15) is 25.5 Å². The zero-order chi connectivity index (χ0) is 12.4. The van der Waals surface area contributed by atoms with E-state index >= 15 is 0 Å². The quantitative estimate of drug-likeness (QED) is 0.776. The Hall–Kier alpha value is -0.910. The maximum atomic E-state index is 4.56. The first-order valence-corrected chi connectivity index (χ1v) is 7.60. The van der Waals surface area contributed by atoms with Crippen molar-refractivity contribution in [3.8, 4) is 0 Å². The van der Waals surface area contributed by atoms with Crippen LogP contribution in [-0.4, -0.2) is 40.0 Å². The van der Waals surface area contributed by atoms with E-state index in [2.05, 4.69) is 44.3 Å². The maximum absolute atomic E-state index is 4.56. The van der Waals surface area contributed by atoms with Gasteiger partial charge in [0.15, 0.2) is 4.96 Å². The summed E-state index contributed by atoms with van der Waals surface area (Å²) in [6, 6.07) is 0.870. The minimum Gasteiger partial charge on any atom is -0.310 e. The van der Waals surface area contributed by atoms with Crippen LogP contribution in [0.25, 0.3) is 4.96 Å². The fourth-order valence-electron chi connectivity index (χ4n) is 2.34. The Balaban J connectivity index is 1.42. The molecule has 0 bridgehead atoms. The summed E-state index contributed by atoms with van der Waals surface area (Å²) < 4.78 is 2.09. The second-order valence-corrected chi connectivity index (χ2v) is 5.73. The number of nitrogens with one attached hydrogen (secondary N) is 1. The first kappa shape index (κ1) is 12.1. The minimum absolute atomic E-state index is 0.870. The highest BCUT2D eigenvalue weighted by molar-refractivity contribution is 7.15. The number of hydrogen-bond donors (Lipinski definition) is 1. The molecule has 0 saturated heterocycles. The third-order valence-corrected chi connectivity index (χ3v) is 4.27. The molecule has 1 saturated carbocycles. The molecule has 2 heterocycles. The number of likely N-dealkylation sites (N-methyl/N-ethyl adjacent to an activating group) is 1. The fourth-order valence-corrected chi connectivity index (χ4v) is 3.06. The van der Waals surface area contributed by atoms with Gasteiger partial charge in [0.1, 0.15) is 0 Å². The van der Waals surface area contributed by atoms with Crippen molar-refractivity contribution in [2.45, 2.75) is 32.4 Å². The van der Waals surface area contributed by atoms with Crippen LogP contribution in [-0.2, 0) is 6.54 Å². The van der Waals surface area contributed by atoms with E-state index in [1.807, 2.05) is 0 Å². The molecule has 0 radical (unpaired) electrons. The van der Waals surface area contributed by atoms with Gasteiger partial charge in [-0.15, -0.1) is 11.3 Å². The summed E-state index contributed by atoms with van der Waals surface area (Å²) in [5, 5.41) is 5.55. The predicted molar refractivity (Wildman–Crippen MR) is 75.0 cm³/mol. The zero-order valence-corrected chi connectivity index (χ0v) is 11.6. The molecule has 1 aliphatic carbocycles. The minimum atomic E-state index is 0.870. The number of hydrogen-bond acceptors (Lipinski definition) is 4. The molecule has 2 aromatic rings. The second kappa shape index (κ2) is 5.38. The molecule has 0 amide bonds. The lowest BCUT2D eigenvalue weighted by Gasteiger charge is -2.19. The van der Waals surface area contributed by atoms with E-state index in [1.165, 1.54) is 19.4 Å². The van der Waals surface area contributed by atoms with E-state index in [0.29, 0.717) is 0 Å². The number of thiazole rings is 1. The van der Waals surface area contributed by atoms with Gasteiger partial charge in [-0.3, -0.25) is 9.30 Å². The van der Waals surface area contributed by atoms with Gasteiger partial charge in [0.25, 0.3) is 0 Å². The van der Waals surface area contributed by atoms with Gasteiger partial charge in [0.2, 0.25) is 0 Å². The van der Waals surface area contributed by atoms with Gasteiger partial charge < -0.3 is 5.32 Å². The van der Waals surface area contributed by atoms with Crippen molar-refractivity contribution in [3.05, 3.63) is 23.5 Å². The number of fused-ring (bicyclic) bond motifs is 1. The van der Waals surface area contributed by atoms with Crippen molar-refractivity contribution in [2.24, 2.45) is 0 Å². The van der Waals surface area contributed by atoms with Gasteiger partial charge in [-0.25, -0.2) is 4.98 Å². The molecule has 0 aromatic carbocycles. The third kappa shape index (κ3) is 2.74. The summed E-state index contributed by atoms with van der Waals surface area (Å²) in [5.74, 6) is 0. The largest absolute Gasteiger partial charge is 0.310 e. The Morgan fingerprint density at radius 2 is 2.44 bits per heavy atom. The SMILES string of the molecule is CCN(CCNCc1cn2ccsc2n1)C1CC1. The number of imidazole rings is 1. The topological polar surface area (TPSA) is 32.6 Å². The van der Waals surface area contributed by atoms with E-state index < -0.39 is 0 Å². The zero-order valence-electron chi connectivity index (χ0n) is 10.8. The lowest BCUT2D eigenvalue weighted by atomic mass is 10.4. The van der Waals surface area contributed by atoms with Crippen LogP contribution in [0.2, 0.25) is 0 Å². The fraction of sp³-hybridized carbons (Fsp3) is 0.615. The van der Waals surface area contributed by atoms with E-state index in [4.69, 9.17) is 0 Å². The molecule has 98 valence electrons. The van der Waals surface area contributed by atoms with Gasteiger partial charge >= 0.3 is 0 Å². The first-order valence-electron chi connectivity index (χ1n) is 6.72. The Morgan fingerprint density at radius 3 is 3.17 bits per heavy atom.